The van der Waals surface area contributed by atoms with Gasteiger partial charge in [0.1, 0.15) is 281 Å². The van der Waals surface area contributed by atoms with Crippen molar-refractivity contribution in [1.82, 2.24) is 21.3 Å². The van der Waals surface area contributed by atoms with E-state index in [2.05, 4.69) is 21.3 Å². The van der Waals surface area contributed by atoms with Crippen LogP contribution in [0.1, 0.15) is 34.6 Å². The van der Waals surface area contributed by atoms with Gasteiger partial charge < -0.3 is 293 Å². The van der Waals surface area contributed by atoms with Crippen molar-refractivity contribution < 1.29 is 290 Å². The lowest BCUT2D eigenvalue weighted by molar-refractivity contribution is -0.407. The third-order valence-electron chi connectivity index (χ3n) is 27.0. The third kappa shape index (κ3) is 26.6. The summed E-state index contributed by atoms with van der Waals surface area (Å²) in [5, 5.41) is 339. The van der Waals surface area contributed by atoms with Crippen molar-refractivity contribution in [2.45, 2.75) is 397 Å². The summed E-state index contributed by atoms with van der Waals surface area (Å²) in [4.78, 5) is 53.5. The number of methoxy groups -OCH3 is 3. The van der Waals surface area contributed by atoms with E-state index in [1.54, 1.807) is 0 Å². The molecule has 4 amide bonds. The second-order valence-corrected chi connectivity index (χ2v) is 36.8. The second kappa shape index (κ2) is 52.7. The summed E-state index contributed by atoms with van der Waals surface area (Å²) in [6, 6.07) is -8.11. The predicted octanol–water partition coefficient (Wildman–Crippen LogP) is -23.0. The van der Waals surface area contributed by atoms with Gasteiger partial charge in [-0.15, -0.1) is 0 Å². The van der Waals surface area contributed by atoms with Crippen molar-refractivity contribution in [3.8, 4) is 0 Å². The summed E-state index contributed by atoms with van der Waals surface area (Å²) < 4.78 is 156. The molecule has 0 radical (unpaired) electrons. The molecule has 1 unspecified atom stereocenters. The normalized spacial score (nSPS) is 49.5. The topological polar surface area (TPSA) is 943 Å². The van der Waals surface area contributed by atoms with Crippen LogP contribution in [-0.2, 0) is 142 Å². The monoisotopic (exact) mass is 2120 g/mol. The lowest BCUT2D eigenvalue weighted by atomic mass is 9.93. The molecular weight excluding hydrogens is 1980 g/mol. The van der Waals surface area contributed by atoms with E-state index in [-0.39, 0.29) is 0 Å². The van der Waals surface area contributed by atoms with E-state index in [0.29, 0.717) is 0 Å². The van der Waals surface area contributed by atoms with E-state index in [1.807, 2.05) is 0 Å². The molecule has 0 saturated carbocycles. The number of rotatable bonds is 40. The van der Waals surface area contributed by atoms with Crippen LogP contribution in [0.15, 0.2) is 0 Å². The van der Waals surface area contributed by atoms with Gasteiger partial charge in [0.25, 0.3) is 0 Å². The minimum absolute atomic E-state index is 0.817. The van der Waals surface area contributed by atoms with Crippen LogP contribution >= 0.6 is 0 Å². The van der Waals surface area contributed by atoms with Crippen LogP contribution in [0.2, 0.25) is 0 Å². The Kier molecular flexibility index (Phi) is 43.4. The van der Waals surface area contributed by atoms with Crippen LogP contribution in [0.4, 0.5) is 0 Å². The van der Waals surface area contributed by atoms with Crippen molar-refractivity contribution >= 4 is 23.6 Å². The van der Waals surface area contributed by atoms with Crippen molar-refractivity contribution in [3.05, 3.63) is 0 Å². The maximum atomic E-state index is 13.7. The van der Waals surface area contributed by atoms with Gasteiger partial charge >= 0.3 is 0 Å². The van der Waals surface area contributed by atoms with Crippen molar-refractivity contribution in [3.63, 3.8) is 0 Å². The zero-order chi connectivity index (χ0) is 106. The van der Waals surface area contributed by atoms with Crippen molar-refractivity contribution in [2.75, 3.05) is 94.0 Å². The van der Waals surface area contributed by atoms with Gasteiger partial charge in [-0.1, -0.05) is 0 Å². The summed E-state index contributed by atoms with van der Waals surface area (Å²) in [7, 11) is 3.25. The lowest BCUT2D eigenvalue weighted by Gasteiger charge is -2.52. The summed E-state index contributed by atoms with van der Waals surface area (Å²) in [6.07, 6.45) is -113. The Balaban J connectivity index is 0.886. The highest BCUT2D eigenvalue weighted by Gasteiger charge is 2.64. The zero-order valence-electron chi connectivity index (χ0n) is 79.1. The molecule has 0 aromatic rings. The zero-order valence-corrected chi connectivity index (χ0v) is 79.1. The first-order valence-electron chi connectivity index (χ1n) is 46.6. The van der Waals surface area contributed by atoms with Gasteiger partial charge in [-0.05, 0) is 6.92 Å². The quantitative estimate of drug-likeness (QED) is 0.0271. The first-order chi connectivity index (χ1) is 68.8. The first-order valence-corrected chi connectivity index (χ1v) is 46.6. The highest BCUT2D eigenvalue weighted by Crippen LogP contribution is 2.43. The minimum atomic E-state index is -2.60. The average Bonchev–Trinajstić information content (AvgIpc) is 1.55. The Labute approximate surface area is 823 Å². The Morgan fingerprint density at radius 1 is 0.207 bits per heavy atom. The molecular formula is C82H138N4O59. The number of hydrogen-bond donors (Lipinski definition) is 33. The van der Waals surface area contributed by atoms with Gasteiger partial charge in [-0.2, -0.15) is 0 Å². The van der Waals surface area contributed by atoms with Gasteiger partial charge in [-0.25, -0.2) is 0 Å². The van der Waals surface area contributed by atoms with E-state index in [9.17, 15) is 167 Å². The molecule has 0 aliphatic carbocycles. The van der Waals surface area contributed by atoms with E-state index in [4.69, 9.17) is 123 Å². The molecule has 12 aliphatic rings. The number of nitrogens with one attached hydrogen (secondary N) is 4. The second-order valence-electron chi connectivity index (χ2n) is 36.8. The smallest absolute Gasteiger partial charge is 0.217 e. The third-order valence-corrected chi connectivity index (χ3v) is 27.0. The summed E-state index contributed by atoms with van der Waals surface area (Å²) in [5.41, 5.74) is 0. The van der Waals surface area contributed by atoms with E-state index < -0.39 is 458 Å². The number of aliphatic hydroxyl groups excluding tert-OH is 29. The number of hydrogen-bond acceptors (Lipinski definition) is 59. The number of carbonyl (C=O) groups excluding carboxylic acids is 4. The molecule has 63 heteroatoms. The van der Waals surface area contributed by atoms with E-state index >= 15 is 0 Å². The number of aliphatic hydroxyl groups is 29. The predicted molar refractivity (Wildman–Crippen MR) is 448 cm³/mol. The van der Waals surface area contributed by atoms with E-state index in [1.165, 1.54) is 6.92 Å². The van der Waals surface area contributed by atoms with Gasteiger partial charge in [-0.3, -0.25) is 19.2 Å². The fraction of sp³-hybridized carbons (Fsp3) is 0.951. The highest BCUT2D eigenvalue weighted by atomic mass is 16.8. The Bertz CT molecular complexity index is 3980. The molecule has 63 nitrogen and oxygen atoms in total. The lowest BCUT2D eigenvalue weighted by Crippen LogP contribution is -2.72. The summed E-state index contributed by atoms with van der Waals surface area (Å²) in [5.74, 6) is -3.98. The van der Waals surface area contributed by atoms with Gasteiger partial charge in [0.05, 0.1) is 78.8 Å². The molecule has 33 N–H and O–H groups in total. The van der Waals surface area contributed by atoms with E-state index in [0.717, 1.165) is 49.0 Å². The molecule has 840 valence electrons. The number of amides is 4. The minimum Gasteiger partial charge on any atom is -0.394 e. The molecule has 12 heterocycles. The molecule has 0 aromatic heterocycles. The van der Waals surface area contributed by atoms with Crippen LogP contribution < -0.4 is 21.3 Å². The molecule has 0 bridgehead atoms. The van der Waals surface area contributed by atoms with Gasteiger partial charge in [0.2, 0.25) is 23.6 Å². The first kappa shape index (κ1) is 119. The van der Waals surface area contributed by atoms with Crippen molar-refractivity contribution in [2.24, 2.45) is 0 Å². The molecule has 12 saturated heterocycles. The van der Waals surface area contributed by atoms with Crippen LogP contribution in [0.3, 0.4) is 0 Å². The van der Waals surface area contributed by atoms with Crippen LogP contribution in [0.25, 0.3) is 0 Å². The SMILES string of the molecule is CO[C@H]1[C@@H](O)[C@@H](CO)O[C@@H](OC[C@H]2O[C@@H](O[C@H]3[C@@H](O)[C@@H](CO[C@@H]4O[C@H](CO)[C@H](O)[C@H](OC)[C@H]4O)O[C@@H](O[C@H]4[C@H](O)[C@@H](NC(C)=O)[C@H](O[C@@H]5[C@@H](O[C@H]6[C@H](O)[C@@H](CO[C@H]7O[C@H](CO)[C@@H](O)[C@H](O)[C@@H]7O)O[C@@H](O[C@H]7[C@H](O)[C@@H](NC(C)=O)[C@H](O[C@H]8[C@H](O)[C@@H](NC(C)=O)C(O)O[C@@H]8CO[C@@H]8O[C@@H](C)[C@@H](O)[C@@H](O)[C@@H]8O)O[C@@H]7CO)[C@H]6O[C@@H]6O[C@H](CO)[C@H](O)[C@H]6O)O[C@H](CO)[C@@H](O)[C@@H]5O)O[C@@H]4CO)[C@@H]3NC(C)=O)[C@H](O)[C@@H](OC)[C@H]2O)[C@@H]1O. The van der Waals surface area contributed by atoms with Crippen molar-refractivity contribution in [1.29, 1.82) is 0 Å². The number of ether oxygens (including phenoxy) is 26. The molecule has 12 rings (SSSR count). The van der Waals surface area contributed by atoms with Crippen LogP contribution in [0, 0.1) is 0 Å². The largest absolute Gasteiger partial charge is 0.394 e. The molecule has 59 atom stereocenters. The maximum Gasteiger partial charge on any atom is 0.217 e. The fourth-order valence-corrected chi connectivity index (χ4v) is 19.1. The van der Waals surface area contributed by atoms with Crippen LogP contribution in [0.5, 0.6) is 0 Å². The number of carbonyl (C=O) groups is 4. The maximum absolute atomic E-state index is 13.7. The molecule has 145 heavy (non-hydrogen) atoms. The standard InChI is InChI=1S/C82H138N4O59/c1-20-40(98)52(110)56(114)75(127-20)126-19-35-63(49(107)36(71(119)128-35)83-21(2)94)140-72-37(84-22(3)95)51(109)62(31(15-93)134-72)141-82-70(145-79-55(113)43(101)27(11-89)132-79)68(48(106)34(138-82)18-123-76-57(115)53(111)41(99)25(9-87)129-76)143-81-69(54(112)42(100)26(10-88)133-81)144-73-38(85-23(4)96)50(108)61(30(14-92)135-73)139-74-39(86-24(5)97)64(46(104)32(136-74)16-124-77-58(116)65(120-6)44(102)28(12-90)130-77)142-80-60(118)67(122-8)47(105)33(137-80)17-125-78-59(117)66(121-7)45(103)29(13-91)131-78/h20,25-82,87-93,98-119H,9-19H2,1-8H3,(H,83,94)(H,84,95)(H,85,96)(H,86,97)/t20-,25+,26+,27+,28+,29+,30+,31+,32+,33+,34+,35+,36+,37+,38+,39+,40+,41+,42+,43-,44-,45-,46-,47-,48+,49+,50+,51+,52+,53-,54-,55+,56-,57-,58+,59+,60+,61+,62+,63+,64+,65-,66-,67-,68-,69-,70-,71?,72-,73-,74-,75+,76-,77+,78+,79-,80-,81+,82-/m0/s1. The summed E-state index contributed by atoms with van der Waals surface area (Å²) in [6.45, 7) is -6.69. The van der Waals surface area contributed by atoms with Gasteiger partial charge in [0, 0.05) is 49.0 Å². The molecule has 12 fully saturated rings. The Morgan fingerprint density at radius 2 is 0.462 bits per heavy atom. The molecule has 12 aliphatic heterocycles. The van der Waals surface area contributed by atoms with Gasteiger partial charge in [0.15, 0.2) is 75.5 Å². The Hall–Kier alpha value is -4.32. The fourth-order valence-electron chi connectivity index (χ4n) is 19.1. The highest BCUT2D eigenvalue weighted by molar-refractivity contribution is 5.74. The average molecular weight is 2120 g/mol. The Morgan fingerprint density at radius 3 is 0.903 bits per heavy atom. The van der Waals surface area contributed by atoms with Crippen LogP contribution in [-0.4, -0.2) is 628 Å². The molecule has 0 spiro atoms. The summed E-state index contributed by atoms with van der Waals surface area (Å²) >= 11 is 0. The molecule has 0 aromatic carbocycles.